The lowest BCUT2D eigenvalue weighted by Gasteiger charge is -2.05. The highest BCUT2D eigenvalue weighted by Gasteiger charge is 2.27. The van der Waals surface area contributed by atoms with E-state index in [0.717, 1.165) is 12.8 Å². The smallest absolute Gasteiger partial charge is 0.150 e. The van der Waals surface area contributed by atoms with Crippen LogP contribution in [0.2, 0.25) is 0 Å². The molecule has 1 rings (SSSR count). The van der Waals surface area contributed by atoms with E-state index < -0.39 is 9.84 Å². The lowest BCUT2D eigenvalue weighted by molar-refractivity contribution is 0.226. The third-order valence-electron chi connectivity index (χ3n) is 2.20. The minimum absolute atomic E-state index is 0.315. The molecular weight excluding hydrogens is 188 g/mol. The summed E-state index contributed by atoms with van der Waals surface area (Å²) in [5, 5.41) is 0. The van der Waals surface area contributed by atoms with Gasteiger partial charge in [0.2, 0.25) is 0 Å². The van der Waals surface area contributed by atoms with E-state index >= 15 is 0 Å². The average Bonchev–Trinajstić information content (AvgIpc) is 2.40. The molecular formula is C9H16O3S. The summed E-state index contributed by atoms with van der Waals surface area (Å²) >= 11 is 0. The van der Waals surface area contributed by atoms with Crippen LogP contribution in [0, 0.1) is 5.92 Å². The van der Waals surface area contributed by atoms with Crippen molar-refractivity contribution in [3.05, 3.63) is 12.3 Å². The molecule has 1 atom stereocenters. The van der Waals surface area contributed by atoms with Crippen LogP contribution in [0.4, 0.5) is 0 Å². The molecule has 76 valence electrons. The minimum Gasteiger partial charge on any atom is -0.502 e. The first kappa shape index (κ1) is 10.6. The number of hydrogen-bond acceptors (Lipinski definition) is 3. The summed E-state index contributed by atoms with van der Waals surface area (Å²) < 4.78 is 27.3. The van der Waals surface area contributed by atoms with Crippen molar-refractivity contribution in [1.29, 1.82) is 0 Å². The van der Waals surface area contributed by atoms with Gasteiger partial charge in [-0.25, -0.2) is 8.42 Å². The fraction of sp³-hybridized carbons (Fsp3) is 0.778. The number of allylic oxidation sites excluding steroid dienone is 1. The predicted molar refractivity (Wildman–Crippen MR) is 52.1 cm³/mol. The fourth-order valence-electron chi connectivity index (χ4n) is 1.50. The molecule has 1 aliphatic heterocycles. The summed E-state index contributed by atoms with van der Waals surface area (Å²) in [5.41, 5.74) is 0. The monoisotopic (exact) mass is 204 g/mol. The molecule has 1 saturated heterocycles. The molecule has 1 heterocycles. The van der Waals surface area contributed by atoms with Crippen molar-refractivity contribution in [1.82, 2.24) is 0 Å². The lowest BCUT2D eigenvalue weighted by atomic mass is 10.1. The van der Waals surface area contributed by atoms with Crippen LogP contribution in [0.3, 0.4) is 0 Å². The minimum atomic E-state index is -2.71. The van der Waals surface area contributed by atoms with E-state index in [0.29, 0.717) is 24.0 Å². The maximum atomic E-state index is 11.1. The second-order valence-electron chi connectivity index (χ2n) is 3.40. The van der Waals surface area contributed by atoms with Crippen molar-refractivity contribution in [2.45, 2.75) is 19.8 Å². The van der Waals surface area contributed by atoms with E-state index in [4.69, 9.17) is 4.74 Å². The van der Waals surface area contributed by atoms with Crippen molar-refractivity contribution in [3.8, 4) is 0 Å². The van der Waals surface area contributed by atoms with Gasteiger partial charge in [-0.3, -0.25) is 0 Å². The highest BCUT2D eigenvalue weighted by atomic mass is 32.2. The van der Waals surface area contributed by atoms with E-state index in [1.54, 1.807) is 6.26 Å². The molecule has 1 fully saturated rings. The lowest BCUT2D eigenvalue weighted by Crippen LogP contribution is -2.06. The van der Waals surface area contributed by atoms with Gasteiger partial charge < -0.3 is 4.74 Å². The maximum Gasteiger partial charge on any atom is 0.150 e. The van der Waals surface area contributed by atoms with Crippen LogP contribution in [-0.4, -0.2) is 26.5 Å². The molecule has 3 nitrogen and oxygen atoms in total. The number of sulfone groups is 1. The fourth-order valence-corrected chi connectivity index (χ4v) is 3.41. The summed E-state index contributed by atoms with van der Waals surface area (Å²) in [6, 6.07) is 0. The van der Waals surface area contributed by atoms with Crippen LogP contribution in [0.15, 0.2) is 12.3 Å². The zero-order valence-corrected chi connectivity index (χ0v) is 8.72. The number of rotatable bonds is 4. The predicted octanol–water partition coefficient (Wildman–Crippen LogP) is 1.36. The Labute approximate surface area is 79.7 Å². The second-order valence-corrected chi connectivity index (χ2v) is 5.63. The molecule has 0 saturated carbocycles. The summed E-state index contributed by atoms with van der Waals surface area (Å²) in [7, 11) is -2.71. The Bertz CT molecular complexity index is 267. The van der Waals surface area contributed by atoms with E-state index in [-0.39, 0.29) is 0 Å². The first-order chi connectivity index (χ1) is 6.14. The van der Waals surface area contributed by atoms with Gasteiger partial charge in [-0.1, -0.05) is 6.08 Å². The third kappa shape index (κ3) is 3.81. The molecule has 0 N–H and O–H groups in total. The Morgan fingerprint density at radius 2 is 2.31 bits per heavy atom. The van der Waals surface area contributed by atoms with Crippen molar-refractivity contribution in [2.24, 2.45) is 5.92 Å². The summed E-state index contributed by atoms with van der Waals surface area (Å²) in [6.07, 6.45) is 5.12. The summed E-state index contributed by atoms with van der Waals surface area (Å²) in [5.74, 6) is 1.03. The third-order valence-corrected chi connectivity index (χ3v) is 4.04. The van der Waals surface area contributed by atoms with Gasteiger partial charge >= 0.3 is 0 Å². The average molecular weight is 204 g/mol. The van der Waals surface area contributed by atoms with Crippen molar-refractivity contribution < 1.29 is 13.2 Å². The Balaban J connectivity index is 2.18. The Morgan fingerprint density at radius 1 is 1.54 bits per heavy atom. The van der Waals surface area contributed by atoms with Gasteiger partial charge in [0, 0.05) is 0 Å². The number of ether oxygens (including phenoxy) is 1. The van der Waals surface area contributed by atoms with Gasteiger partial charge in [-0.05, 0) is 25.7 Å². The van der Waals surface area contributed by atoms with Gasteiger partial charge in [0.05, 0.1) is 24.4 Å². The van der Waals surface area contributed by atoms with E-state index in [1.165, 1.54) is 0 Å². The summed E-state index contributed by atoms with van der Waals surface area (Å²) in [6.45, 7) is 2.52. The van der Waals surface area contributed by atoms with E-state index in [2.05, 4.69) is 0 Å². The van der Waals surface area contributed by atoms with Gasteiger partial charge in [-0.2, -0.15) is 0 Å². The molecule has 1 aliphatic rings. The molecule has 0 spiro atoms. The Morgan fingerprint density at radius 3 is 2.85 bits per heavy atom. The zero-order valence-electron chi connectivity index (χ0n) is 7.90. The molecule has 0 aromatic heterocycles. The van der Waals surface area contributed by atoms with Crippen LogP contribution in [0.1, 0.15) is 19.8 Å². The van der Waals surface area contributed by atoms with Crippen molar-refractivity contribution in [2.75, 3.05) is 18.1 Å². The molecule has 1 unspecified atom stereocenters. The summed E-state index contributed by atoms with van der Waals surface area (Å²) in [4.78, 5) is 0. The molecule has 0 aromatic rings. The molecule has 0 radical (unpaired) electrons. The molecule has 0 aliphatic carbocycles. The van der Waals surface area contributed by atoms with Gasteiger partial charge in [0.1, 0.15) is 0 Å². The Hall–Kier alpha value is -0.510. The van der Waals surface area contributed by atoms with Crippen LogP contribution < -0.4 is 0 Å². The standard InChI is InChI=1S/C9H16O3S/c1-2-5-12-6-3-9-4-7-13(10,11)8-9/h2,5,9H,3-4,6-8H2,1H3/b5-2+. The van der Waals surface area contributed by atoms with Crippen LogP contribution in [0.5, 0.6) is 0 Å². The SMILES string of the molecule is C/C=C/OCCC1CCS(=O)(=O)C1. The quantitative estimate of drug-likeness (QED) is 0.513. The molecule has 4 heteroatoms. The molecule has 0 amide bonds. The highest BCUT2D eigenvalue weighted by molar-refractivity contribution is 7.91. The van der Waals surface area contributed by atoms with Crippen molar-refractivity contribution in [3.63, 3.8) is 0 Å². The highest BCUT2D eigenvalue weighted by Crippen LogP contribution is 2.21. The van der Waals surface area contributed by atoms with Gasteiger partial charge in [0.15, 0.2) is 9.84 Å². The normalized spacial score (nSPS) is 26.7. The topological polar surface area (TPSA) is 43.4 Å². The molecule has 13 heavy (non-hydrogen) atoms. The zero-order chi connectivity index (χ0) is 9.73. The molecule has 0 bridgehead atoms. The first-order valence-corrected chi connectivity index (χ1v) is 6.39. The maximum absolute atomic E-state index is 11.1. The number of hydrogen-bond donors (Lipinski definition) is 0. The van der Waals surface area contributed by atoms with E-state index in [1.807, 2.05) is 13.0 Å². The first-order valence-electron chi connectivity index (χ1n) is 4.57. The second kappa shape index (κ2) is 4.65. The van der Waals surface area contributed by atoms with Crippen LogP contribution >= 0.6 is 0 Å². The Kier molecular flexibility index (Phi) is 3.78. The van der Waals surface area contributed by atoms with E-state index in [9.17, 15) is 8.42 Å². The van der Waals surface area contributed by atoms with Gasteiger partial charge in [0.25, 0.3) is 0 Å². The van der Waals surface area contributed by atoms with Gasteiger partial charge in [-0.15, -0.1) is 0 Å². The van der Waals surface area contributed by atoms with Crippen LogP contribution in [-0.2, 0) is 14.6 Å². The van der Waals surface area contributed by atoms with Crippen LogP contribution in [0.25, 0.3) is 0 Å². The largest absolute Gasteiger partial charge is 0.502 e. The van der Waals surface area contributed by atoms with Crippen molar-refractivity contribution >= 4 is 9.84 Å². The molecule has 0 aromatic carbocycles.